The Bertz CT molecular complexity index is 465. The fourth-order valence-corrected chi connectivity index (χ4v) is 1.69. The average Bonchev–Trinajstić information content (AvgIpc) is 2.31. The van der Waals surface area contributed by atoms with Crippen LogP contribution >= 0.6 is 35.8 Å². The van der Waals surface area contributed by atoms with Gasteiger partial charge in [-0.2, -0.15) is 12.6 Å². The highest BCUT2D eigenvalue weighted by Crippen LogP contribution is 2.29. The molecule has 0 atom stereocenters. The summed E-state index contributed by atoms with van der Waals surface area (Å²) >= 11 is 15.5. The SMILES string of the molecule is COC(=O)c1cc(NC(=O)CS)c(Cl)cc1Cl. The van der Waals surface area contributed by atoms with Crippen LogP contribution in [-0.4, -0.2) is 24.7 Å². The molecule has 0 saturated carbocycles. The monoisotopic (exact) mass is 293 g/mol. The summed E-state index contributed by atoms with van der Waals surface area (Å²) in [4.78, 5) is 22.5. The van der Waals surface area contributed by atoms with Gasteiger partial charge in [0, 0.05) is 0 Å². The average molecular weight is 294 g/mol. The molecule has 0 fully saturated rings. The molecule has 0 radical (unpaired) electrons. The van der Waals surface area contributed by atoms with E-state index < -0.39 is 5.97 Å². The predicted molar refractivity (Wildman–Crippen MR) is 70.3 cm³/mol. The highest BCUT2D eigenvalue weighted by Gasteiger charge is 2.15. The number of nitrogens with one attached hydrogen (secondary N) is 1. The van der Waals surface area contributed by atoms with E-state index in [0.29, 0.717) is 0 Å². The Labute approximate surface area is 114 Å². The van der Waals surface area contributed by atoms with Gasteiger partial charge in [0.1, 0.15) is 0 Å². The van der Waals surface area contributed by atoms with Crippen LogP contribution in [0, 0.1) is 0 Å². The number of halogens is 2. The summed E-state index contributed by atoms with van der Waals surface area (Å²) in [5, 5.41) is 2.88. The van der Waals surface area contributed by atoms with E-state index in [2.05, 4.69) is 22.7 Å². The van der Waals surface area contributed by atoms with Crippen molar-refractivity contribution in [1.82, 2.24) is 0 Å². The van der Waals surface area contributed by atoms with Gasteiger partial charge in [-0.3, -0.25) is 4.79 Å². The fourth-order valence-electron chi connectivity index (χ4n) is 1.10. The van der Waals surface area contributed by atoms with Crippen LogP contribution in [0.2, 0.25) is 10.0 Å². The van der Waals surface area contributed by atoms with E-state index in [1.54, 1.807) is 0 Å². The van der Waals surface area contributed by atoms with Crippen LogP contribution in [-0.2, 0) is 9.53 Å². The number of benzene rings is 1. The van der Waals surface area contributed by atoms with Crippen LogP contribution in [0.3, 0.4) is 0 Å². The van der Waals surface area contributed by atoms with Crippen molar-refractivity contribution in [3.8, 4) is 0 Å². The maximum absolute atomic E-state index is 11.4. The smallest absolute Gasteiger partial charge is 0.339 e. The molecule has 92 valence electrons. The number of rotatable bonds is 3. The van der Waals surface area contributed by atoms with Crippen molar-refractivity contribution in [1.29, 1.82) is 0 Å². The Hall–Kier alpha value is -0.910. The summed E-state index contributed by atoms with van der Waals surface area (Å²) in [5.74, 6) is -0.937. The zero-order valence-electron chi connectivity index (χ0n) is 8.79. The molecule has 1 amide bonds. The van der Waals surface area contributed by atoms with Gasteiger partial charge in [0.25, 0.3) is 0 Å². The molecule has 0 unspecified atom stereocenters. The van der Waals surface area contributed by atoms with Crippen LogP contribution in [0.1, 0.15) is 10.4 Å². The lowest BCUT2D eigenvalue weighted by atomic mass is 10.2. The molecule has 0 heterocycles. The minimum atomic E-state index is -0.604. The van der Waals surface area contributed by atoms with Crippen LogP contribution in [0.25, 0.3) is 0 Å². The number of esters is 1. The topological polar surface area (TPSA) is 55.4 Å². The summed E-state index contributed by atoms with van der Waals surface area (Å²) in [6.45, 7) is 0. The van der Waals surface area contributed by atoms with Crippen LogP contribution < -0.4 is 5.32 Å². The zero-order valence-corrected chi connectivity index (χ0v) is 11.2. The minimum Gasteiger partial charge on any atom is -0.465 e. The summed E-state index contributed by atoms with van der Waals surface area (Å²) < 4.78 is 4.55. The van der Waals surface area contributed by atoms with Crippen molar-refractivity contribution in [3.63, 3.8) is 0 Å². The van der Waals surface area contributed by atoms with Crippen molar-refractivity contribution in [2.45, 2.75) is 0 Å². The van der Waals surface area contributed by atoms with Gasteiger partial charge in [-0.1, -0.05) is 23.2 Å². The van der Waals surface area contributed by atoms with Gasteiger partial charge in [0.15, 0.2) is 0 Å². The number of thiol groups is 1. The number of carbonyl (C=O) groups is 2. The summed E-state index contributed by atoms with van der Waals surface area (Å²) in [7, 11) is 1.24. The third-order valence-corrected chi connectivity index (χ3v) is 2.79. The van der Waals surface area contributed by atoms with Crippen molar-refractivity contribution in [2.24, 2.45) is 0 Å². The fraction of sp³-hybridized carbons (Fsp3) is 0.200. The third-order valence-electron chi connectivity index (χ3n) is 1.88. The van der Waals surface area contributed by atoms with Gasteiger partial charge in [-0.25, -0.2) is 4.79 Å². The number of methoxy groups -OCH3 is 1. The minimum absolute atomic E-state index is 0.00646. The molecular weight excluding hydrogens is 285 g/mol. The molecule has 0 aromatic heterocycles. The Morgan fingerprint density at radius 2 is 2.00 bits per heavy atom. The quantitative estimate of drug-likeness (QED) is 0.665. The molecule has 0 saturated heterocycles. The van der Waals surface area contributed by atoms with Gasteiger partial charge >= 0.3 is 5.97 Å². The molecule has 0 aliphatic rings. The number of anilines is 1. The van der Waals surface area contributed by atoms with Gasteiger partial charge in [-0.15, -0.1) is 0 Å². The normalized spacial score (nSPS) is 9.88. The Morgan fingerprint density at radius 1 is 1.35 bits per heavy atom. The highest BCUT2D eigenvalue weighted by molar-refractivity contribution is 7.81. The van der Waals surface area contributed by atoms with Crippen LogP contribution in [0.15, 0.2) is 12.1 Å². The lowest BCUT2D eigenvalue weighted by Crippen LogP contribution is -2.14. The molecular formula is C10H9Cl2NO3S. The van der Waals surface area contributed by atoms with Gasteiger partial charge in [0.05, 0.1) is 34.2 Å². The molecule has 1 rings (SSSR count). The van der Waals surface area contributed by atoms with Gasteiger partial charge in [-0.05, 0) is 12.1 Å². The summed E-state index contributed by atoms with van der Waals surface area (Å²) in [6.07, 6.45) is 0. The standard InChI is InChI=1S/C10H9Cl2NO3S/c1-16-10(15)5-2-8(13-9(14)4-17)7(12)3-6(5)11/h2-3,17H,4H2,1H3,(H,13,14). The number of hydrogen-bond acceptors (Lipinski definition) is 4. The van der Waals surface area contributed by atoms with Crippen molar-refractivity contribution in [2.75, 3.05) is 18.2 Å². The largest absolute Gasteiger partial charge is 0.465 e. The molecule has 7 heteroatoms. The van der Waals surface area contributed by atoms with Crippen LogP contribution in [0.4, 0.5) is 5.69 Å². The number of hydrogen-bond donors (Lipinski definition) is 2. The second-order valence-corrected chi connectivity index (χ2v) is 4.14. The molecule has 0 aliphatic carbocycles. The molecule has 1 aromatic carbocycles. The Balaban J connectivity index is 3.14. The third kappa shape index (κ3) is 3.52. The first-order valence-electron chi connectivity index (χ1n) is 4.47. The lowest BCUT2D eigenvalue weighted by molar-refractivity contribution is -0.113. The first-order chi connectivity index (χ1) is 7.99. The maximum Gasteiger partial charge on any atom is 0.339 e. The summed E-state index contributed by atoms with van der Waals surface area (Å²) in [6, 6.07) is 2.72. The number of carbonyl (C=O) groups excluding carboxylic acids is 2. The van der Waals surface area contributed by atoms with Gasteiger partial charge < -0.3 is 10.1 Å². The molecule has 0 spiro atoms. The second kappa shape index (κ2) is 6.14. The van der Waals surface area contributed by atoms with E-state index in [-0.39, 0.29) is 33.0 Å². The van der Waals surface area contributed by atoms with Gasteiger partial charge in [0.2, 0.25) is 5.91 Å². The summed E-state index contributed by atoms with van der Waals surface area (Å²) in [5.41, 5.74) is 0.420. The maximum atomic E-state index is 11.4. The van der Waals surface area contributed by atoms with Crippen molar-refractivity contribution >= 4 is 53.4 Å². The molecule has 0 aliphatic heterocycles. The van der Waals surface area contributed by atoms with E-state index in [1.165, 1.54) is 19.2 Å². The van der Waals surface area contributed by atoms with E-state index in [9.17, 15) is 9.59 Å². The molecule has 1 aromatic rings. The number of ether oxygens (including phenoxy) is 1. The van der Waals surface area contributed by atoms with Crippen LogP contribution in [0.5, 0.6) is 0 Å². The molecule has 0 bridgehead atoms. The van der Waals surface area contributed by atoms with E-state index in [1.807, 2.05) is 0 Å². The predicted octanol–water partition coefficient (Wildman–Crippen LogP) is 2.65. The highest BCUT2D eigenvalue weighted by atomic mass is 35.5. The molecule has 4 nitrogen and oxygen atoms in total. The van der Waals surface area contributed by atoms with Crippen molar-refractivity contribution < 1.29 is 14.3 Å². The van der Waals surface area contributed by atoms with E-state index in [4.69, 9.17) is 23.2 Å². The zero-order chi connectivity index (χ0) is 13.0. The Kier molecular flexibility index (Phi) is 5.11. The number of amides is 1. The Morgan fingerprint density at radius 3 is 2.53 bits per heavy atom. The molecule has 17 heavy (non-hydrogen) atoms. The van der Waals surface area contributed by atoms with E-state index >= 15 is 0 Å². The first-order valence-corrected chi connectivity index (χ1v) is 5.86. The second-order valence-electron chi connectivity index (χ2n) is 3.01. The molecule has 1 N–H and O–H groups in total. The lowest BCUT2D eigenvalue weighted by Gasteiger charge is -2.09. The van der Waals surface area contributed by atoms with E-state index in [0.717, 1.165) is 0 Å². The first kappa shape index (κ1) is 14.2. The van der Waals surface area contributed by atoms with Crippen molar-refractivity contribution in [3.05, 3.63) is 27.7 Å².